The minimum atomic E-state index is -3.95. The highest BCUT2D eigenvalue weighted by Gasteiger charge is 2.19. The van der Waals surface area contributed by atoms with Crippen LogP contribution in [0.5, 0.6) is 0 Å². The lowest BCUT2D eigenvalue weighted by atomic mass is 10.0. The number of aliphatic hydroxyl groups is 1. The second-order valence-electron chi connectivity index (χ2n) is 8.66. The van der Waals surface area contributed by atoms with E-state index in [0.29, 0.717) is 17.5 Å². The summed E-state index contributed by atoms with van der Waals surface area (Å²) in [6.07, 6.45) is 4.26. The molecule has 1 aliphatic heterocycles. The first-order valence-electron chi connectivity index (χ1n) is 11.4. The van der Waals surface area contributed by atoms with Crippen LogP contribution in [0.2, 0.25) is 0 Å². The molecule has 0 spiro atoms. The first-order valence-corrected chi connectivity index (χ1v) is 14.7. The summed E-state index contributed by atoms with van der Waals surface area (Å²) in [6, 6.07) is 15.2. The second-order valence-corrected chi connectivity index (χ2v) is 11.6. The third-order valence-electron chi connectivity index (χ3n) is 6.09. The molecule has 9 heteroatoms. The van der Waals surface area contributed by atoms with Gasteiger partial charge in [0.2, 0.25) is 10.0 Å². The number of sulfonamides is 1. The molecule has 0 aromatic heterocycles. The van der Waals surface area contributed by atoms with Gasteiger partial charge in [0.05, 0.1) is 11.0 Å². The van der Waals surface area contributed by atoms with Gasteiger partial charge in [0.25, 0.3) is 0 Å². The number of rotatable bonds is 11. The zero-order valence-corrected chi connectivity index (χ0v) is 20.9. The van der Waals surface area contributed by atoms with E-state index < -0.39 is 26.9 Å². The lowest BCUT2D eigenvalue weighted by molar-refractivity contribution is 0.162. The van der Waals surface area contributed by atoms with Crippen LogP contribution in [-0.4, -0.2) is 61.6 Å². The van der Waals surface area contributed by atoms with Crippen molar-refractivity contribution in [3.8, 4) is 0 Å². The highest BCUT2D eigenvalue weighted by molar-refractivity contribution is 7.89. The fourth-order valence-corrected chi connectivity index (χ4v) is 5.85. The van der Waals surface area contributed by atoms with Crippen molar-refractivity contribution in [1.82, 2.24) is 4.90 Å². The van der Waals surface area contributed by atoms with Crippen molar-refractivity contribution >= 4 is 26.5 Å². The maximum atomic E-state index is 12.0. The molecule has 0 saturated carbocycles. The summed E-state index contributed by atoms with van der Waals surface area (Å²) in [5, 5.41) is 15.9. The number of anilines is 1. The Morgan fingerprint density at radius 3 is 2.36 bits per heavy atom. The van der Waals surface area contributed by atoms with Gasteiger partial charge in [0.15, 0.2) is 0 Å². The first-order chi connectivity index (χ1) is 15.7. The number of nitrogens with zero attached hydrogens (tertiary/aromatic N) is 2. The van der Waals surface area contributed by atoms with Crippen molar-refractivity contribution in [3.63, 3.8) is 0 Å². The molecule has 2 unspecified atom stereocenters. The minimum absolute atomic E-state index is 0.0519. The molecule has 1 heterocycles. The molecule has 0 bridgehead atoms. The van der Waals surface area contributed by atoms with E-state index in [1.807, 2.05) is 6.07 Å². The van der Waals surface area contributed by atoms with Crippen molar-refractivity contribution in [2.24, 2.45) is 5.14 Å². The summed E-state index contributed by atoms with van der Waals surface area (Å²) in [6.45, 7) is 5.25. The maximum absolute atomic E-state index is 12.0. The summed E-state index contributed by atoms with van der Waals surface area (Å²) in [5.74, 6) is 0.113. The van der Waals surface area contributed by atoms with Crippen LogP contribution >= 0.6 is 0 Å². The minimum Gasteiger partial charge on any atom is -0.388 e. The molecule has 1 fully saturated rings. The topological polar surface area (TPSA) is 104 Å². The lowest BCUT2D eigenvalue weighted by Gasteiger charge is -2.36. The van der Waals surface area contributed by atoms with E-state index in [1.54, 1.807) is 12.1 Å². The van der Waals surface area contributed by atoms with E-state index in [4.69, 9.17) is 5.14 Å². The predicted octanol–water partition coefficient (Wildman–Crippen LogP) is 2.63. The Labute approximate surface area is 200 Å². The van der Waals surface area contributed by atoms with Crippen LogP contribution in [0.3, 0.4) is 0 Å². The monoisotopic (exact) mass is 493 g/mol. The number of piperazine rings is 1. The van der Waals surface area contributed by atoms with E-state index in [0.717, 1.165) is 52.0 Å². The SMILES string of the molecule is CS(=O)Cc1ccc(C(O)CCCCCN2CCN(c3ccccc3)CC2)cc1S(N)(=O)=O. The van der Waals surface area contributed by atoms with Crippen molar-refractivity contribution in [3.05, 3.63) is 59.7 Å². The van der Waals surface area contributed by atoms with Crippen molar-refractivity contribution < 1.29 is 17.7 Å². The standard InChI is InChI=1S/C24H35N3O4S2/c1-32(29)19-21-12-11-20(18-24(21)33(25,30)31)23(28)10-6-3-7-13-26-14-16-27(17-15-26)22-8-4-2-5-9-22/h2,4-5,8-9,11-12,18,23,28H,3,6-7,10,13-17,19H2,1H3,(H2,25,30,31). The molecule has 2 aromatic rings. The molecule has 7 nitrogen and oxygen atoms in total. The zero-order chi connectivity index (χ0) is 23.8. The van der Waals surface area contributed by atoms with Crippen molar-refractivity contribution in [2.75, 3.05) is 43.9 Å². The van der Waals surface area contributed by atoms with Crippen LogP contribution in [0.1, 0.15) is 42.9 Å². The highest BCUT2D eigenvalue weighted by atomic mass is 32.2. The summed E-state index contributed by atoms with van der Waals surface area (Å²) in [4.78, 5) is 4.86. The van der Waals surface area contributed by atoms with E-state index in [1.165, 1.54) is 18.0 Å². The van der Waals surface area contributed by atoms with Crippen molar-refractivity contribution in [1.29, 1.82) is 0 Å². The molecule has 1 saturated heterocycles. The summed E-state index contributed by atoms with van der Waals surface area (Å²) in [5.41, 5.74) is 2.23. The van der Waals surface area contributed by atoms with Crippen LogP contribution in [0.25, 0.3) is 0 Å². The number of hydrogen-bond acceptors (Lipinski definition) is 6. The Hall–Kier alpha value is -1.78. The maximum Gasteiger partial charge on any atom is 0.238 e. The fraction of sp³-hybridized carbons (Fsp3) is 0.500. The van der Waals surface area contributed by atoms with Crippen molar-refractivity contribution in [2.45, 2.75) is 42.4 Å². The van der Waals surface area contributed by atoms with Gasteiger partial charge in [0.1, 0.15) is 0 Å². The lowest BCUT2D eigenvalue weighted by Crippen LogP contribution is -2.46. The molecule has 0 radical (unpaired) electrons. The van der Waals surface area contributed by atoms with Crippen LogP contribution in [-0.2, 0) is 26.6 Å². The molecule has 33 heavy (non-hydrogen) atoms. The quantitative estimate of drug-likeness (QED) is 0.467. The number of nitrogens with two attached hydrogens (primary N) is 1. The van der Waals surface area contributed by atoms with Crippen LogP contribution < -0.4 is 10.0 Å². The summed E-state index contributed by atoms with van der Waals surface area (Å²) >= 11 is 0. The van der Waals surface area contributed by atoms with E-state index in [2.05, 4.69) is 34.1 Å². The highest BCUT2D eigenvalue weighted by Crippen LogP contribution is 2.25. The average molecular weight is 494 g/mol. The number of hydrogen-bond donors (Lipinski definition) is 2. The fourth-order valence-electron chi connectivity index (χ4n) is 4.27. The number of benzene rings is 2. The summed E-state index contributed by atoms with van der Waals surface area (Å²) < 4.78 is 35.4. The Bertz CT molecular complexity index is 1020. The van der Waals surface area contributed by atoms with Gasteiger partial charge in [-0.3, -0.25) is 9.11 Å². The Balaban J connectivity index is 1.41. The number of aliphatic hydroxyl groups excluding tert-OH is 1. The van der Waals surface area contributed by atoms with Gasteiger partial charge in [-0.05, 0) is 48.7 Å². The van der Waals surface area contributed by atoms with E-state index in [-0.39, 0.29) is 10.6 Å². The Kier molecular flexibility index (Phi) is 9.46. The largest absolute Gasteiger partial charge is 0.388 e. The van der Waals surface area contributed by atoms with Gasteiger partial charge in [-0.15, -0.1) is 0 Å². The molecule has 2 aromatic carbocycles. The number of para-hydroxylation sites is 1. The summed E-state index contributed by atoms with van der Waals surface area (Å²) in [7, 11) is -5.14. The van der Waals surface area contributed by atoms with Gasteiger partial charge in [0, 0.05) is 54.7 Å². The Morgan fingerprint density at radius 1 is 1.03 bits per heavy atom. The molecule has 3 N–H and O–H groups in total. The smallest absolute Gasteiger partial charge is 0.238 e. The normalized spacial score (nSPS) is 17.1. The molecular formula is C24H35N3O4S2. The number of primary sulfonamides is 1. The van der Waals surface area contributed by atoms with E-state index in [9.17, 15) is 17.7 Å². The first kappa shape index (κ1) is 25.8. The van der Waals surface area contributed by atoms with Crippen LogP contribution in [0.4, 0.5) is 5.69 Å². The van der Waals surface area contributed by atoms with Gasteiger partial charge in [-0.1, -0.05) is 43.2 Å². The molecule has 1 aliphatic rings. The van der Waals surface area contributed by atoms with Gasteiger partial charge in [-0.25, -0.2) is 13.6 Å². The van der Waals surface area contributed by atoms with E-state index >= 15 is 0 Å². The predicted molar refractivity (Wildman–Crippen MR) is 134 cm³/mol. The zero-order valence-electron chi connectivity index (χ0n) is 19.2. The molecule has 2 atom stereocenters. The number of unbranched alkanes of at least 4 members (excludes halogenated alkanes) is 2. The Morgan fingerprint density at radius 2 is 1.73 bits per heavy atom. The van der Waals surface area contributed by atoms with Crippen LogP contribution in [0, 0.1) is 0 Å². The third-order valence-corrected chi connectivity index (χ3v) is 7.80. The van der Waals surface area contributed by atoms with Gasteiger partial charge in [-0.2, -0.15) is 0 Å². The van der Waals surface area contributed by atoms with Gasteiger partial charge < -0.3 is 10.0 Å². The van der Waals surface area contributed by atoms with Crippen LogP contribution in [0.15, 0.2) is 53.4 Å². The molecule has 3 rings (SSSR count). The molecule has 182 valence electrons. The van der Waals surface area contributed by atoms with Gasteiger partial charge >= 0.3 is 0 Å². The average Bonchev–Trinajstić information content (AvgIpc) is 2.79. The third kappa shape index (κ3) is 7.89. The molecular weight excluding hydrogens is 458 g/mol. The second kappa shape index (κ2) is 12.1. The molecule has 0 amide bonds. The molecule has 0 aliphatic carbocycles.